The Hall–Kier alpha value is -1.82. The molecule has 0 N–H and O–H groups in total. The van der Waals surface area contributed by atoms with Crippen molar-refractivity contribution < 1.29 is 18.3 Å². The Morgan fingerprint density at radius 2 is 2.05 bits per heavy atom. The van der Waals surface area contributed by atoms with E-state index in [0.29, 0.717) is 0 Å². The number of hydrogen-bond acceptors (Lipinski definition) is 3. The maximum atomic E-state index is 13.9. The lowest BCUT2D eigenvalue weighted by molar-refractivity contribution is 0.102. The van der Waals surface area contributed by atoms with E-state index in [9.17, 15) is 13.6 Å². The number of carbonyl (C=O) groups is 1. The molecule has 0 aliphatic heterocycles. The smallest absolute Gasteiger partial charge is 0.202 e. The summed E-state index contributed by atoms with van der Waals surface area (Å²) in [5.41, 5.74) is -0.577. The summed E-state index contributed by atoms with van der Waals surface area (Å²) in [6.07, 6.45) is 2.66. The number of benzene rings is 1. The number of methoxy groups -OCH3 is 1. The minimum Gasteiger partial charge on any atom is -0.494 e. The standard InChI is InChI=1S/C13H8BrF2NO2/c1-19-10-6-17-5-4-7(10)13(18)11-9(15)3-2-8(14)12(11)16/h2-6H,1H3. The van der Waals surface area contributed by atoms with Gasteiger partial charge in [-0.25, -0.2) is 8.78 Å². The molecule has 0 atom stereocenters. The van der Waals surface area contributed by atoms with E-state index < -0.39 is 23.0 Å². The van der Waals surface area contributed by atoms with E-state index in [1.165, 1.54) is 31.6 Å². The first-order valence-electron chi connectivity index (χ1n) is 5.22. The molecule has 2 rings (SSSR count). The Bertz CT molecular complexity index is 647. The first-order chi connectivity index (χ1) is 9.06. The van der Waals surface area contributed by atoms with E-state index >= 15 is 0 Å². The zero-order valence-electron chi connectivity index (χ0n) is 9.78. The topological polar surface area (TPSA) is 39.2 Å². The molecule has 0 aliphatic rings. The summed E-state index contributed by atoms with van der Waals surface area (Å²) < 4.78 is 32.5. The normalized spacial score (nSPS) is 10.3. The highest BCUT2D eigenvalue weighted by Gasteiger charge is 2.23. The monoisotopic (exact) mass is 327 g/mol. The molecule has 98 valence electrons. The minimum atomic E-state index is -0.941. The lowest BCUT2D eigenvalue weighted by Gasteiger charge is -2.09. The van der Waals surface area contributed by atoms with E-state index in [1.54, 1.807) is 0 Å². The van der Waals surface area contributed by atoms with Crippen molar-refractivity contribution in [2.45, 2.75) is 0 Å². The predicted octanol–water partition coefficient (Wildman–Crippen LogP) is 3.36. The average molecular weight is 328 g/mol. The zero-order chi connectivity index (χ0) is 14.0. The summed E-state index contributed by atoms with van der Waals surface area (Å²) in [4.78, 5) is 16.0. The molecule has 3 nitrogen and oxygen atoms in total. The Morgan fingerprint density at radius 1 is 1.32 bits per heavy atom. The molecule has 0 bridgehead atoms. The van der Waals surface area contributed by atoms with Gasteiger partial charge in [-0.3, -0.25) is 9.78 Å². The number of halogens is 3. The Labute approximate surface area is 116 Å². The molecule has 0 saturated heterocycles. The van der Waals surface area contributed by atoms with Crippen LogP contribution in [0.1, 0.15) is 15.9 Å². The van der Waals surface area contributed by atoms with E-state index in [4.69, 9.17) is 4.74 Å². The van der Waals surface area contributed by atoms with E-state index in [2.05, 4.69) is 20.9 Å². The van der Waals surface area contributed by atoms with Gasteiger partial charge in [0.05, 0.1) is 28.9 Å². The number of carbonyl (C=O) groups excluding carboxylic acids is 1. The number of aromatic nitrogens is 1. The molecule has 1 aromatic carbocycles. The molecule has 6 heteroatoms. The molecular weight excluding hydrogens is 320 g/mol. The van der Waals surface area contributed by atoms with Crippen LogP contribution in [0.25, 0.3) is 0 Å². The first-order valence-corrected chi connectivity index (χ1v) is 6.01. The summed E-state index contributed by atoms with van der Waals surface area (Å²) in [6, 6.07) is 3.57. The molecule has 0 spiro atoms. The molecule has 0 unspecified atom stereocenters. The van der Waals surface area contributed by atoms with Gasteiger partial charge in [0.2, 0.25) is 5.78 Å². The van der Waals surface area contributed by atoms with Crippen LogP contribution in [0.15, 0.2) is 35.1 Å². The summed E-state index contributed by atoms with van der Waals surface area (Å²) >= 11 is 2.92. The van der Waals surface area contributed by atoms with Crippen molar-refractivity contribution in [3.63, 3.8) is 0 Å². The van der Waals surface area contributed by atoms with Crippen LogP contribution in [-0.4, -0.2) is 17.9 Å². The van der Waals surface area contributed by atoms with Crippen molar-refractivity contribution in [3.05, 3.63) is 57.8 Å². The fourth-order valence-corrected chi connectivity index (χ4v) is 1.93. The molecule has 1 heterocycles. The van der Waals surface area contributed by atoms with Crippen LogP contribution in [0.4, 0.5) is 8.78 Å². The third kappa shape index (κ3) is 2.49. The second-order valence-corrected chi connectivity index (χ2v) is 4.48. The number of hydrogen-bond donors (Lipinski definition) is 0. The zero-order valence-corrected chi connectivity index (χ0v) is 11.4. The number of rotatable bonds is 3. The second kappa shape index (κ2) is 5.44. The van der Waals surface area contributed by atoms with Gasteiger partial charge >= 0.3 is 0 Å². The molecule has 0 amide bonds. The van der Waals surface area contributed by atoms with Gasteiger partial charge in [0, 0.05) is 6.20 Å². The lowest BCUT2D eigenvalue weighted by Crippen LogP contribution is -2.09. The maximum Gasteiger partial charge on any atom is 0.202 e. The first kappa shape index (κ1) is 13.6. The molecule has 0 saturated carbocycles. The van der Waals surface area contributed by atoms with Gasteiger partial charge < -0.3 is 4.74 Å². The molecule has 19 heavy (non-hydrogen) atoms. The SMILES string of the molecule is COc1cnccc1C(=O)c1c(F)ccc(Br)c1F. The van der Waals surface area contributed by atoms with Crippen LogP contribution in [-0.2, 0) is 0 Å². The van der Waals surface area contributed by atoms with Crippen molar-refractivity contribution in [3.8, 4) is 5.75 Å². The van der Waals surface area contributed by atoms with E-state index in [1.807, 2.05) is 0 Å². The van der Waals surface area contributed by atoms with Crippen LogP contribution < -0.4 is 4.74 Å². The molecule has 1 aromatic heterocycles. The maximum absolute atomic E-state index is 13.9. The summed E-state index contributed by atoms with van der Waals surface area (Å²) in [6.45, 7) is 0. The van der Waals surface area contributed by atoms with Gasteiger partial charge in [-0.15, -0.1) is 0 Å². The molecular formula is C13H8BrF2NO2. The molecule has 0 aliphatic carbocycles. The average Bonchev–Trinajstić information content (AvgIpc) is 2.43. The van der Waals surface area contributed by atoms with Crippen molar-refractivity contribution in [1.29, 1.82) is 0 Å². The van der Waals surface area contributed by atoms with Gasteiger partial charge in [-0.2, -0.15) is 0 Å². The summed E-state index contributed by atoms with van der Waals surface area (Å²) in [5, 5.41) is 0. The second-order valence-electron chi connectivity index (χ2n) is 3.62. The Kier molecular flexibility index (Phi) is 3.90. The lowest BCUT2D eigenvalue weighted by atomic mass is 10.0. The number of ketones is 1. The Balaban J connectivity index is 2.60. The van der Waals surface area contributed by atoms with Crippen LogP contribution in [0.5, 0.6) is 5.75 Å². The highest BCUT2D eigenvalue weighted by atomic mass is 79.9. The minimum absolute atomic E-state index is 0.0188. The van der Waals surface area contributed by atoms with Crippen molar-refractivity contribution in [2.24, 2.45) is 0 Å². The molecule has 0 radical (unpaired) electrons. The fraction of sp³-hybridized carbons (Fsp3) is 0.0769. The Morgan fingerprint density at radius 3 is 2.74 bits per heavy atom. The summed E-state index contributed by atoms with van der Waals surface area (Å²) in [7, 11) is 1.35. The molecule has 0 fully saturated rings. The van der Waals surface area contributed by atoms with Gasteiger partial charge in [-0.05, 0) is 34.1 Å². The van der Waals surface area contributed by atoms with Gasteiger partial charge in [0.25, 0.3) is 0 Å². The van der Waals surface area contributed by atoms with Crippen LogP contribution in [0, 0.1) is 11.6 Å². The number of pyridine rings is 1. The van der Waals surface area contributed by atoms with Gasteiger partial charge in [0.15, 0.2) is 5.82 Å². The van der Waals surface area contributed by atoms with E-state index in [-0.39, 0.29) is 15.8 Å². The number of nitrogens with zero attached hydrogens (tertiary/aromatic N) is 1. The highest BCUT2D eigenvalue weighted by Crippen LogP contribution is 2.26. The largest absolute Gasteiger partial charge is 0.494 e. The summed E-state index contributed by atoms with van der Waals surface area (Å²) in [5.74, 6) is -2.50. The van der Waals surface area contributed by atoms with E-state index in [0.717, 1.165) is 6.07 Å². The van der Waals surface area contributed by atoms with Crippen molar-refractivity contribution >= 4 is 21.7 Å². The highest BCUT2D eigenvalue weighted by molar-refractivity contribution is 9.10. The molecule has 2 aromatic rings. The van der Waals surface area contributed by atoms with Gasteiger partial charge in [-0.1, -0.05) is 0 Å². The van der Waals surface area contributed by atoms with Crippen LogP contribution >= 0.6 is 15.9 Å². The van der Waals surface area contributed by atoms with Crippen LogP contribution in [0.2, 0.25) is 0 Å². The number of ether oxygens (including phenoxy) is 1. The third-order valence-electron chi connectivity index (χ3n) is 2.52. The predicted molar refractivity (Wildman–Crippen MR) is 68.3 cm³/mol. The van der Waals surface area contributed by atoms with Crippen molar-refractivity contribution in [2.75, 3.05) is 7.11 Å². The van der Waals surface area contributed by atoms with Gasteiger partial charge in [0.1, 0.15) is 11.6 Å². The fourth-order valence-electron chi connectivity index (χ4n) is 1.60. The van der Waals surface area contributed by atoms with Crippen molar-refractivity contribution in [1.82, 2.24) is 4.98 Å². The quantitative estimate of drug-likeness (QED) is 0.641. The third-order valence-corrected chi connectivity index (χ3v) is 3.13. The van der Waals surface area contributed by atoms with Crippen LogP contribution in [0.3, 0.4) is 0 Å².